The quantitative estimate of drug-likeness (QED) is 0.679. The lowest BCUT2D eigenvalue weighted by atomic mass is 10.0. The van der Waals surface area contributed by atoms with Gasteiger partial charge in [-0.1, -0.05) is 6.42 Å². The number of carbonyl (C=O) groups is 1. The van der Waals surface area contributed by atoms with E-state index in [9.17, 15) is 4.79 Å². The van der Waals surface area contributed by atoms with E-state index in [0.29, 0.717) is 18.5 Å². The Morgan fingerprint density at radius 2 is 2.10 bits per heavy atom. The number of anilines is 1. The number of hydrogen-bond donors (Lipinski definition) is 1. The first kappa shape index (κ1) is 19.1. The lowest BCUT2D eigenvalue weighted by Crippen LogP contribution is -2.40. The number of nitrogens with zero attached hydrogens (tertiary/aromatic N) is 5. The summed E-state index contributed by atoms with van der Waals surface area (Å²) in [6, 6.07) is 6.40. The van der Waals surface area contributed by atoms with Gasteiger partial charge in [-0.15, -0.1) is 0 Å². The second kappa shape index (κ2) is 7.75. The van der Waals surface area contributed by atoms with Crippen molar-refractivity contribution in [2.45, 2.75) is 38.1 Å². The number of likely N-dealkylation sites (N-methyl/N-ethyl adjacent to an activating group) is 1. The number of rotatable bonds is 6. The van der Waals surface area contributed by atoms with Crippen molar-refractivity contribution in [2.75, 3.05) is 25.5 Å². The molecule has 0 unspecified atom stereocenters. The Morgan fingerprint density at radius 3 is 2.90 bits per heavy atom. The first-order valence-corrected chi connectivity index (χ1v) is 10.7. The average molecular weight is 409 g/mol. The molecule has 3 aromatic heterocycles. The van der Waals surface area contributed by atoms with Crippen molar-refractivity contribution in [3.8, 4) is 17.0 Å². The SMILES string of the molecule is CN1CCCC[C@@H]1COc1cnn(C)c1-c1ccn2nc(NC(=O)C3CC3)cc2c1. The zero-order valence-electron chi connectivity index (χ0n) is 17.5. The molecular formula is C22H28N6O2. The largest absolute Gasteiger partial charge is 0.488 e. The van der Waals surface area contributed by atoms with Crippen LogP contribution in [0.3, 0.4) is 0 Å². The number of pyridine rings is 1. The highest BCUT2D eigenvalue weighted by Crippen LogP contribution is 2.32. The summed E-state index contributed by atoms with van der Waals surface area (Å²) in [6.45, 7) is 1.80. The van der Waals surface area contributed by atoms with Gasteiger partial charge >= 0.3 is 0 Å². The minimum atomic E-state index is 0.0635. The predicted octanol–water partition coefficient (Wildman–Crippen LogP) is 2.95. The second-order valence-corrected chi connectivity index (χ2v) is 8.50. The van der Waals surface area contributed by atoms with E-state index in [1.54, 1.807) is 10.7 Å². The van der Waals surface area contributed by atoms with Crippen molar-refractivity contribution < 1.29 is 9.53 Å². The molecule has 0 bridgehead atoms. The maximum Gasteiger partial charge on any atom is 0.228 e. The molecule has 2 aliphatic rings. The van der Waals surface area contributed by atoms with E-state index in [0.717, 1.165) is 41.9 Å². The molecule has 3 aromatic rings. The summed E-state index contributed by atoms with van der Waals surface area (Å²) < 4.78 is 9.84. The number of carbonyl (C=O) groups excluding carboxylic acids is 1. The highest BCUT2D eigenvalue weighted by molar-refractivity contribution is 5.93. The van der Waals surface area contributed by atoms with Crippen LogP contribution >= 0.6 is 0 Å². The summed E-state index contributed by atoms with van der Waals surface area (Å²) in [6.07, 6.45) is 9.34. The number of fused-ring (bicyclic) bond motifs is 1. The fourth-order valence-electron chi connectivity index (χ4n) is 4.17. The molecule has 158 valence electrons. The van der Waals surface area contributed by atoms with Gasteiger partial charge < -0.3 is 15.0 Å². The third-order valence-electron chi connectivity index (χ3n) is 6.19. The Hall–Kier alpha value is -2.87. The zero-order valence-corrected chi connectivity index (χ0v) is 17.5. The Bertz CT molecular complexity index is 1070. The summed E-state index contributed by atoms with van der Waals surface area (Å²) in [7, 11) is 4.10. The van der Waals surface area contributed by atoms with Crippen LogP contribution in [0.4, 0.5) is 5.82 Å². The van der Waals surface area contributed by atoms with E-state index in [2.05, 4.69) is 33.5 Å². The fraction of sp³-hybridized carbons (Fsp3) is 0.500. The number of aryl methyl sites for hydroxylation is 1. The summed E-state index contributed by atoms with van der Waals surface area (Å²) in [5.41, 5.74) is 2.87. The maximum absolute atomic E-state index is 12.0. The van der Waals surface area contributed by atoms with Crippen molar-refractivity contribution in [3.63, 3.8) is 0 Å². The smallest absolute Gasteiger partial charge is 0.228 e. The number of aromatic nitrogens is 4. The van der Waals surface area contributed by atoms with Crippen LogP contribution in [0.2, 0.25) is 0 Å². The molecule has 4 heterocycles. The maximum atomic E-state index is 12.0. The van der Waals surface area contributed by atoms with Gasteiger partial charge in [-0.25, -0.2) is 4.52 Å². The minimum absolute atomic E-state index is 0.0635. The summed E-state index contributed by atoms with van der Waals surface area (Å²) in [5, 5.41) is 11.8. The van der Waals surface area contributed by atoms with Crippen LogP contribution in [0.25, 0.3) is 16.8 Å². The summed E-state index contributed by atoms with van der Waals surface area (Å²) >= 11 is 0. The van der Waals surface area contributed by atoms with Crippen LogP contribution in [-0.4, -0.2) is 56.4 Å². The normalized spacial score (nSPS) is 19.9. The Labute approximate surface area is 175 Å². The number of hydrogen-bond acceptors (Lipinski definition) is 5. The predicted molar refractivity (Wildman–Crippen MR) is 115 cm³/mol. The van der Waals surface area contributed by atoms with Gasteiger partial charge in [-0.3, -0.25) is 9.48 Å². The van der Waals surface area contributed by atoms with E-state index < -0.39 is 0 Å². The van der Waals surface area contributed by atoms with Crippen molar-refractivity contribution in [1.29, 1.82) is 0 Å². The lowest BCUT2D eigenvalue weighted by molar-refractivity contribution is -0.117. The number of likely N-dealkylation sites (tertiary alicyclic amines) is 1. The molecule has 30 heavy (non-hydrogen) atoms. The molecule has 1 aliphatic heterocycles. The molecule has 8 heteroatoms. The Kier molecular flexibility index (Phi) is 4.94. The van der Waals surface area contributed by atoms with Crippen LogP contribution in [-0.2, 0) is 11.8 Å². The van der Waals surface area contributed by atoms with Gasteiger partial charge in [0.25, 0.3) is 0 Å². The first-order valence-electron chi connectivity index (χ1n) is 10.7. The summed E-state index contributed by atoms with van der Waals surface area (Å²) in [4.78, 5) is 14.4. The van der Waals surface area contributed by atoms with E-state index in [1.165, 1.54) is 19.3 Å². The average Bonchev–Trinajstić information content (AvgIpc) is 3.42. The Morgan fingerprint density at radius 1 is 1.23 bits per heavy atom. The van der Waals surface area contributed by atoms with E-state index in [4.69, 9.17) is 4.74 Å². The monoisotopic (exact) mass is 408 g/mol. The standard InChI is InChI=1S/C22H28N6O2/c1-26-9-4-3-5-17(26)14-30-19-13-23-27(2)21(19)16-8-10-28-18(11-16)12-20(25-28)24-22(29)15-6-7-15/h8,10-13,15,17H,3-7,9,14H2,1-2H3,(H,24,25,29)/t17-/m1/s1. The third-order valence-corrected chi connectivity index (χ3v) is 6.19. The molecule has 1 N–H and O–H groups in total. The van der Waals surface area contributed by atoms with Crippen LogP contribution < -0.4 is 10.1 Å². The van der Waals surface area contributed by atoms with Crippen molar-refractivity contribution in [3.05, 3.63) is 30.6 Å². The van der Waals surface area contributed by atoms with Crippen molar-refractivity contribution in [2.24, 2.45) is 13.0 Å². The highest BCUT2D eigenvalue weighted by atomic mass is 16.5. The highest BCUT2D eigenvalue weighted by Gasteiger charge is 2.30. The zero-order chi connectivity index (χ0) is 20.7. The Balaban J connectivity index is 1.36. The molecule has 0 radical (unpaired) electrons. The number of amides is 1. The van der Waals surface area contributed by atoms with Crippen molar-refractivity contribution >= 4 is 17.2 Å². The second-order valence-electron chi connectivity index (χ2n) is 8.50. The molecule has 1 aliphatic carbocycles. The fourth-order valence-corrected chi connectivity index (χ4v) is 4.17. The van der Waals surface area contributed by atoms with Gasteiger partial charge in [0.1, 0.15) is 12.3 Å². The van der Waals surface area contributed by atoms with Crippen LogP contribution in [0, 0.1) is 5.92 Å². The molecule has 8 nitrogen and oxygen atoms in total. The van der Waals surface area contributed by atoms with E-state index in [-0.39, 0.29) is 11.8 Å². The molecule has 1 saturated carbocycles. The summed E-state index contributed by atoms with van der Waals surface area (Å²) in [5.74, 6) is 1.60. The van der Waals surface area contributed by atoms with Gasteiger partial charge in [0.2, 0.25) is 5.91 Å². The molecule has 5 rings (SSSR count). The number of piperidine rings is 1. The van der Waals surface area contributed by atoms with E-state index in [1.807, 2.05) is 30.1 Å². The molecule has 1 atom stereocenters. The van der Waals surface area contributed by atoms with Gasteiger partial charge in [0, 0.05) is 36.8 Å². The van der Waals surface area contributed by atoms with Crippen LogP contribution in [0.5, 0.6) is 5.75 Å². The molecule has 2 fully saturated rings. The molecule has 0 aromatic carbocycles. The molecule has 1 saturated heterocycles. The van der Waals surface area contributed by atoms with Gasteiger partial charge in [-0.05, 0) is 51.4 Å². The molecule has 1 amide bonds. The van der Waals surface area contributed by atoms with E-state index >= 15 is 0 Å². The first-order chi connectivity index (χ1) is 14.6. The number of nitrogens with one attached hydrogen (secondary N) is 1. The minimum Gasteiger partial charge on any atom is -0.488 e. The molecular weight excluding hydrogens is 380 g/mol. The molecule has 0 spiro atoms. The third kappa shape index (κ3) is 3.79. The van der Waals surface area contributed by atoms with Gasteiger partial charge in [0.05, 0.1) is 11.7 Å². The van der Waals surface area contributed by atoms with Crippen molar-refractivity contribution in [1.82, 2.24) is 24.3 Å². The van der Waals surface area contributed by atoms with Crippen LogP contribution in [0.1, 0.15) is 32.1 Å². The van der Waals surface area contributed by atoms with Crippen LogP contribution in [0.15, 0.2) is 30.6 Å². The van der Waals surface area contributed by atoms with Gasteiger partial charge in [0.15, 0.2) is 11.6 Å². The topological polar surface area (TPSA) is 76.7 Å². The number of ether oxygens (including phenoxy) is 1. The lowest BCUT2D eigenvalue weighted by Gasteiger charge is -2.32. The van der Waals surface area contributed by atoms with Gasteiger partial charge in [-0.2, -0.15) is 10.2 Å².